The summed E-state index contributed by atoms with van der Waals surface area (Å²) in [5.41, 5.74) is 0. The first-order valence-electron chi connectivity index (χ1n) is 9.20. The molecule has 0 fully saturated rings. The first-order chi connectivity index (χ1) is 13.9. The average Bonchev–Trinajstić information content (AvgIpc) is 2.63. The highest BCUT2D eigenvalue weighted by Crippen LogP contribution is 2.14. The van der Waals surface area contributed by atoms with Gasteiger partial charge in [0.2, 0.25) is 0 Å². The van der Waals surface area contributed by atoms with Crippen molar-refractivity contribution >= 4 is 36.7 Å². The van der Waals surface area contributed by atoms with E-state index < -0.39 is 49.1 Å². The molecule has 4 N–H and O–H groups in total. The molecule has 0 aromatic carbocycles. The van der Waals surface area contributed by atoms with Crippen molar-refractivity contribution in [3.8, 4) is 0 Å². The van der Waals surface area contributed by atoms with E-state index in [1.165, 1.54) is 7.05 Å². The normalized spacial score (nSPS) is 11.3. The molecule has 30 heavy (non-hydrogen) atoms. The second-order valence-electron chi connectivity index (χ2n) is 6.54. The largest absolute Gasteiger partial charge is 0.450 e. The van der Waals surface area contributed by atoms with E-state index in [0.717, 1.165) is 6.04 Å². The van der Waals surface area contributed by atoms with Crippen LogP contribution in [0, 0.1) is 0 Å². The Balaban J connectivity index is 3.70. The van der Waals surface area contributed by atoms with Gasteiger partial charge >= 0.3 is 18.3 Å². The first kappa shape index (κ1) is 27.9. The predicted octanol–water partition coefficient (Wildman–Crippen LogP) is 0.642. The Hall–Kier alpha value is -2.10. The minimum absolute atomic E-state index is 0.120. The lowest BCUT2D eigenvalue weighted by Gasteiger charge is -2.22. The van der Waals surface area contributed by atoms with Gasteiger partial charge in [0.1, 0.15) is 12.4 Å². The Morgan fingerprint density at radius 3 is 1.97 bits per heavy atom. The van der Waals surface area contributed by atoms with Gasteiger partial charge in [0, 0.05) is 20.1 Å². The van der Waals surface area contributed by atoms with Crippen LogP contribution in [-0.2, 0) is 28.8 Å². The highest BCUT2D eigenvalue weighted by atomic mass is 32.2. The highest BCUT2D eigenvalue weighted by molar-refractivity contribution is 7.85. The van der Waals surface area contributed by atoms with Gasteiger partial charge < -0.3 is 34.6 Å². The van der Waals surface area contributed by atoms with E-state index in [2.05, 4.69) is 20.7 Å². The van der Waals surface area contributed by atoms with Crippen molar-refractivity contribution in [1.29, 1.82) is 0 Å². The van der Waals surface area contributed by atoms with Crippen LogP contribution >= 0.6 is 0 Å². The molecule has 176 valence electrons. The van der Waals surface area contributed by atoms with Crippen molar-refractivity contribution < 1.29 is 46.0 Å². The van der Waals surface area contributed by atoms with Gasteiger partial charge in [-0.1, -0.05) is 0 Å². The number of hydrogen-bond acceptors (Lipinski definition) is 9. The fourth-order valence-corrected chi connectivity index (χ4v) is 4.04. The molecule has 0 aliphatic rings. The third kappa shape index (κ3) is 18.0. The van der Waals surface area contributed by atoms with E-state index in [9.17, 15) is 22.8 Å². The Labute approximate surface area is 177 Å². The molecule has 15 heteroatoms. The molecule has 0 atom stereocenters. The van der Waals surface area contributed by atoms with E-state index in [-0.39, 0.29) is 13.3 Å². The van der Waals surface area contributed by atoms with Gasteiger partial charge in [0.25, 0.3) is 10.1 Å². The van der Waals surface area contributed by atoms with E-state index in [1.54, 1.807) is 0 Å². The minimum atomic E-state index is -4.21. The molecule has 0 bridgehead atoms. The second kappa shape index (κ2) is 14.8. The number of amides is 3. The van der Waals surface area contributed by atoms with Crippen LogP contribution in [0.25, 0.3) is 0 Å². The SMILES string of the molecule is CNC(=O)OCCC[Si](C)(C)OCCCOC(=O)NCNC(=O)OCCS(=O)(=O)O. The summed E-state index contributed by atoms with van der Waals surface area (Å²) in [6, 6.07) is 0.817. The average molecular weight is 474 g/mol. The lowest BCUT2D eigenvalue weighted by Crippen LogP contribution is -2.38. The second-order valence-corrected chi connectivity index (χ2v) is 12.4. The van der Waals surface area contributed by atoms with E-state index in [1.807, 2.05) is 13.1 Å². The third-order valence-electron chi connectivity index (χ3n) is 3.41. The molecule has 0 saturated heterocycles. The van der Waals surface area contributed by atoms with Gasteiger partial charge in [0.15, 0.2) is 8.32 Å². The number of carbonyl (C=O) groups excluding carboxylic acids is 3. The molecule has 0 rings (SSSR count). The summed E-state index contributed by atoms with van der Waals surface area (Å²) < 4.78 is 49.6. The third-order valence-corrected chi connectivity index (χ3v) is 6.64. The summed E-state index contributed by atoms with van der Waals surface area (Å²) in [7, 11) is -4.62. The molecule has 0 aromatic rings. The summed E-state index contributed by atoms with van der Waals surface area (Å²) in [4.78, 5) is 33.6. The van der Waals surface area contributed by atoms with Crippen molar-refractivity contribution in [2.45, 2.75) is 32.0 Å². The molecule has 0 radical (unpaired) electrons. The number of nitrogens with one attached hydrogen (secondary N) is 3. The maximum absolute atomic E-state index is 11.5. The number of rotatable bonds is 14. The van der Waals surface area contributed by atoms with E-state index in [0.29, 0.717) is 26.1 Å². The zero-order chi connectivity index (χ0) is 23.0. The monoisotopic (exact) mass is 473 g/mol. The molecule has 0 aliphatic heterocycles. The maximum Gasteiger partial charge on any atom is 0.408 e. The van der Waals surface area contributed by atoms with Crippen LogP contribution in [-0.4, -0.2) is 85.5 Å². The highest BCUT2D eigenvalue weighted by Gasteiger charge is 2.21. The molecular formula is C15H31N3O10SSi. The minimum Gasteiger partial charge on any atom is -0.450 e. The van der Waals surface area contributed by atoms with Gasteiger partial charge in [-0.15, -0.1) is 0 Å². The van der Waals surface area contributed by atoms with Crippen molar-refractivity contribution in [2.24, 2.45) is 0 Å². The van der Waals surface area contributed by atoms with Crippen LogP contribution < -0.4 is 16.0 Å². The summed E-state index contributed by atoms with van der Waals surface area (Å²) in [6.45, 7) is 4.15. The van der Waals surface area contributed by atoms with Crippen LogP contribution in [0.1, 0.15) is 12.8 Å². The summed E-state index contributed by atoms with van der Waals surface area (Å²) in [6.07, 6.45) is -0.980. The van der Waals surface area contributed by atoms with Crippen molar-refractivity contribution in [1.82, 2.24) is 16.0 Å². The van der Waals surface area contributed by atoms with Crippen molar-refractivity contribution in [3.63, 3.8) is 0 Å². The fraction of sp³-hybridized carbons (Fsp3) is 0.800. The predicted molar refractivity (Wildman–Crippen MR) is 108 cm³/mol. The van der Waals surface area contributed by atoms with Gasteiger partial charge in [-0.2, -0.15) is 8.42 Å². The fourth-order valence-electron chi connectivity index (χ4n) is 1.91. The molecule has 0 heterocycles. The number of ether oxygens (including phenoxy) is 3. The standard InChI is InChI=1S/C15H31N3O10SSi/c1-16-13(19)25-7-5-11-30(2,3)28-8-4-6-26-14(20)17-12-18-15(21)27-9-10-29(22,23)24/h4-12H2,1-3H3,(H,16,19)(H,17,20)(H,18,21)(H,22,23,24). The van der Waals surface area contributed by atoms with Crippen LogP contribution in [0.3, 0.4) is 0 Å². The lowest BCUT2D eigenvalue weighted by atomic mass is 10.5. The molecule has 13 nitrogen and oxygen atoms in total. The van der Waals surface area contributed by atoms with Gasteiger partial charge in [0.05, 0.1) is 19.9 Å². The number of carbonyl (C=O) groups is 3. The number of hydrogen-bond donors (Lipinski definition) is 4. The van der Waals surface area contributed by atoms with Gasteiger partial charge in [-0.3, -0.25) is 4.55 Å². The quantitative estimate of drug-likeness (QED) is 0.0919. The molecule has 0 spiro atoms. The molecular weight excluding hydrogens is 442 g/mol. The summed E-state index contributed by atoms with van der Waals surface area (Å²) in [5, 5.41) is 6.78. The van der Waals surface area contributed by atoms with Crippen LogP contribution in [0.5, 0.6) is 0 Å². The maximum atomic E-state index is 11.5. The molecule has 0 aliphatic carbocycles. The van der Waals surface area contributed by atoms with Gasteiger partial charge in [-0.25, -0.2) is 14.4 Å². The topological polar surface area (TPSA) is 179 Å². The zero-order valence-corrected chi connectivity index (χ0v) is 19.2. The smallest absolute Gasteiger partial charge is 0.408 e. The lowest BCUT2D eigenvalue weighted by molar-refractivity contribution is 0.133. The van der Waals surface area contributed by atoms with E-state index in [4.69, 9.17) is 18.5 Å². The Kier molecular flexibility index (Phi) is 13.8. The van der Waals surface area contributed by atoms with Crippen LogP contribution in [0.15, 0.2) is 0 Å². The van der Waals surface area contributed by atoms with Crippen LogP contribution in [0.4, 0.5) is 14.4 Å². The molecule has 0 aromatic heterocycles. The molecule has 0 saturated carbocycles. The zero-order valence-electron chi connectivity index (χ0n) is 17.4. The van der Waals surface area contributed by atoms with Gasteiger partial charge in [-0.05, 0) is 25.6 Å². The Morgan fingerprint density at radius 1 is 0.867 bits per heavy atom. The van der Waals surface area contributed by atoms with E-state index >= 15 is 0 Å². The summed E-state index contributed by atoms with van der Waals surface area (Å²) >= 11 is 0. The molecule has 3 amide bonds. The van der Waals surface area contributed by atoms with Crippen molar-refractivity contribution in [3.05, 3.63) is 0 Å². The first-order valence-corrected chi connectivity index (χ1v) is 13.9. The summed E-state index contributed by atoms with van der Waals surface area (Å²) in [5.74, 6) is -0.721. The van der Waals surface area contributed by atoms with Crippen LogP contribution in [0.2, 0.25) is 19.1 Å². The number of alkyl carbamates (subject to hydrolysis) is 3. The van der Waals surface area contributed by atoms with Crippen molar-refractivity contribution in [2.75, 3.05) is 45.9 Å². The Morgan fingerprint density at radius 2 is 1.40 bits per heavy atom. The Bertz CT molecular complexity index is 645. The molecule has 0 unspecified atom stereocenters.